The first-order valence-electron chi connectivity index (χ1n) is 8.83. The molecule has 2 aromatic rings. The van der Waals surface area contributed by atoms with Crippen molar-refractivity contribution >= 4 is 11.9 Å². The summed E-state index contributed by atoms with van der Waals surface area (Å²) in [7, 11) is 0. The number of carbonyl (C=O) groups is 2. The van der Waals surface area contributed by atoms with Gasteiger partial charge in [-0.2, -0.15) is 0 Å². The number of halogens is 1. The molecule has 1 aromatic heterocycles. The van der Waals surface area contributed by atoms with Gasteiger partial charge in [0.2, 0.25) is 0 Å². The van der Waals surface area contributed by atoms with Gasteiger partial charge in [-0.1, -0.05) is 0 Å². The summed E-state index contributed by atoms with van der Waals surface area (Å²) in [6.45, 7) is 6.73. The Hall–Kier alpha value is -2.63. The molecule has 5 nitrogen and oxygen atoms in total. The highest BCUT2D eigenvalue weighted by molar-refractivity contribution is 5.93. The predicted octanol–water partition coefficient (Wildman–Crippen LogP) is 3.40. The lowest BCUT2D eigenvalue weighted by Gasteiger charge is -2.20. The monoisotopic (exact) mass is 358 g/mol. The number of nitrogens with zero attached hydrogens (tertiary/aromatic N) is 2. The predicted molar refractivity (Wildman–Crippen MR) is 95.9 cm³/mol. The average molecular weight is 358 g/mol. The molecule has 0 spiro atoms. The largest absolute Gasteiger partial charge is 0.449 e. The zero-order valence-corrected chi connectivity index (χ0v) is 15.3. The van der Waals surface area contributed by atoms with E-state index in [2.05, 4.69) is 0 Å². The van der Waals surface area contributed by atoms with Crippen LogP contribution in [0.25, 0.3) is 5.69 Å². The minimum absolute atomic E-state index is 0.150. The van der Waals surface area contributed by atoms with Crippen molar-refractivity contribution in [1.82, 2.24) is 9.47 Å². The van der Waals surface area contributed by atoms with Crippen molar-refractivity contribution < 1.29 is 18.7 Å². The van der Waals surface area contributed by atoms with Gasteiger partial charge < -0.3 is 14.2 Å². The first-order valence-corrected chi connectivity index (χ1v) is 8.83. The van der Waals surface area contributed by atoms with Gasteiger partial charge in [0.05, 0.1) is 5.56 Å². The second-order valence-electron chi connectivity index (χ2n) is 6.68. The van der Waals surface area contributed by atoms with Crippen LogP contribution < -0.4 is 0 Å². The highest BCUT2D eigenvalue weighted by Crippen LogP contribution is 2.22. The molecule has 1 aliphatic rings. The van der Waals surface area contributed by atoms with Crippen LogP contribution >= 0.6 is 0 Å². The second-order valence-corrected chi connectivity index (χ2v) is 6.68. The molecule has 1 atom stereocenters. The van der Waals surface area contributed by atoms with E-state index in [1.165, 1.54) is 12.1 Å². The van der Waals surface area contributed by atoms with Crippen molar-refractivity contribution in [3.8, 4) is 5.69 Å². The van der Waals surface area contributed by atoms with Crippen LogP contribution in [0.1, 0.15) is 41.5 Å². The second kappa shape index (κ2) is 7.32. The van der Waals surface area contributed by atoms with Gasteiger partial charge in [0.25, 0.3) is 5.91 Å². The molecule has 1 amide bonds. The molecule has 3 rings (SSSR count). The molecule has 0 radical (unpaired) electrons. The highest BCUT2D eigenvalue weighted by Gasteiger charge is 2.27. The lowest BCUT2D eigenvalue weighted by molar-refractivity contribution is -0.138. The standard InChI is InChI=1S/C20H23FN2O3/c1-13-12-18(14(2)23(13)17-8-6-16(21)7-9-17)20(25)26-15(3)19(24)22-10-4-5-11-22/h6-9,12,15H,4-5,10-11H2,1-3H3/t15-/m0/s1. The first kappa shape index (κ1) is 18.2. The van der Waals surface area contributed by atoms with E-state index in [1.54, 1.807) is 36.9 Å². The molecule has 0 saturated carbocycles. The number of aryl methyl sites for hydroxylation is 1. The SMILES string of the molecule is Cc1cc(C(=O)O[C@@H](C)C(=O)N2CCCC2)c(C)n1-c1ccc(F)cc1. The fraction of sp³-hybridized carbons (Fsp3) is 0.400. The normalized spacial score (nSPS) is 15.2. The molecule has 1 fully saturated rings. The van der Waals surface area contributed by atoms with Crippen LogP contribution in [0.2, 0.25) is 0 Å². The van der Waals surface area contributed by atoms with Gasteiger partial charge >= 0.3 is 5.97 Å². The van der Waals surface area contributed by atoms with E-state index < -0.39 is 12.1 Å². The van der Waals surface area contributed by atoms with Crippen LogP contribution in [0.3, 0.4) is 0 Å². The lowest BCUT2D eigenvalue weighted by atomic mass is 10.2. The maximum Gasteiger partial charge on any atom is 0.340 e. The van der Waals surface area contributed by atoms with Crippen molar-refractivity contribution in [2.45, 2.75) is 39.7 Å². The Morgan fingerprint density at radius 1 is 1.12 bits per heavy atom. The number of hydrogen-bond acceptors (Lipinski definition) is 3. The Balaban J connectivity index is 1.78. The van der Waals surface area contributed by atoms with Crippen LogP contribution in [0.15, 0.2) is 30.3 Å². The van der Waals surface area contributed by atoms with Crippen LogP contribution in [-0.2, 0) is 9.53 Å². The van der Waals surface area contributed by atoms with Gasteiger partial charge in [-0.3, -0.25) is 4.79 Å². The van der Waals surface area contributed by atoms with E-state index in [1.807, 2.05) is 11.5 Å². The zero-order valence-electron chi connectivity index (χ0n) is 15.3. The molecule has 1 aliphatic heterocycles. The van der Waals surface area contributed by atoms with Gasteiger partial charge in [-0.05, 0) is 63.9 Å². The minimum Gasteiger partial charge on any atom is -0.449 e. The smallest absolute Gasteiger partial charge is 0.340 e. The number of carbonyl (C=O) groups excluding carboxylic acids is 2. The maximum absolute atomic E-state index is 13.2. The van der Waals surface area contributed by atoms with Crippen LogP contribution in [0.4, 0.5) is 4.39 Å². The molecular formula is C20H23FN2O3. The van der Waals surface area contributed by atoms with Gasteiger partial charge in [0.15, 0.2) is 6.10 Å². The third kappa shape index (κ3) is 3.49. The quantitative estimate of drug-likeness (QED) is 0.787. The highest BCUT2D eigenvalue weighted by atomic mass is 19.1. The molecule has 6 heteroatoms. The lowest BCUT2D eigenvalue weighted by Crippen LogP contribution is -2.38. The Morgan fingerprint density at radius 3 is 2.35 bits per heavy atom. The van der Waals surface area contributed by atoms with Crippen LogP contribution in [-0.4, -0.2) is 40.5 Å². The summed E-state index contributed by atoms with van der Waals surface area (Å²) in [5.74, 6) is -0.986. The summed E-state index contributed by atoms with van der Waals surface area (Å²) in [6.07, 6.45) is 1.17. The molecule has 1 aromatic carbocycles. The van der Waals surface area contributed by atoms with Crippen molar-refractivity contribution in [2.75, 3.05) is 13.1 Å². The fourth-order valence-electron chi connectivity index (χ4n) is 3.43. The number of benzene rings is 1. The van der Waals surface area contributed by atoms with Gasteiger partial charge in [-0.15, -0.1) is 0 Å². The number of likely N-dealkylation sites (tertiary alicyclic amines) is 1. The fourth-order valence-corrected chi connectivity index (χ4v) is 3.43. The number of aromatic nitrogens is 1. The molecule has 2 heterocycles. The van der Waals surface area contributed by atoms with Crippen molar-refractivity contribution in [1.29, 1.82) is 0 Å². The first-order chi connectivity index (χ1) is 12.4. The molecule has 1 saturated heterocycles. The summed E-state index contributed by atoms with van der Waals surface area (Å²) in [4.78, 5) is 26.6. The molecule has 26 heavy (non-hydrogen) atoms. The van der Waals surface area contributed by atoms with E-state index in [0.29, 0.717) is 11.3 Å². The summed E-state index contributed by atoms with van der Waals surface area (Å²) >= 11 is 0. The number of rotatable bonds is 4. The zero-order chi connectivity index (χ0) is 18.8. The Morgan fingerprint density at radius 2 is 1.73 bits per heavy atom. The van der Waals surface area contributed by atoms with E-state index in [4.69, 9.17) is 4.74 Å². The summed E-state index contributed by atoms with van der Waals surface area (Å²) in [5, 5.41) is 0. The molecule has 0 bridgehead atoms. The van der Waals surface area contributed by atoms with E-state index >= 15 is 0 Å². The number of esters is 1. The Labute approximate surface area is 152 Å². The third-order valence-corrected chi connectivity index (χ3v) is 4.79. The molecule has 138 valence electrons. The molecule has 0 N–H and O–H groups in total. The van der Waals surface area contributed by atoms with Crippen molar-refractivity contribution in [3.05, 3.63) is 53.1 Å². The van der Waals surface area contributed by atoms with Gasteiger partial charge in [-0.25, -0.2) is 9.18 Å². The maximum atomic E-state index is 13.2. The van der Waals surface area contributed by atoms with Crippen LogP contribution in [0.5, 0.6) is 0 Å². The Bertz CT molecular complexity index is 820. The number of ether oxygens (including phenoxy) is 1. The molecule has 0 aliphatic carbocycles. The summed E-state index contributed by atoms with van der Waals surface area (Å²) in [5.41, 5.74) is 2.70. The van der Waals surface area contributed by atoms with Crippen molar-refractivity contribution in [3.63, 3.8) is 0 Å². The summed E-state index contributed by atoms with van der Waals surface area (Å²) < 4.78 is 20.4. The molecular weight excluding hydrogens is 335 g/mol. The van der Waals surface area contributed by atoms with Gasteiger partial charge in [0, 0.05) is 30.2 Å². The van der Waals surface area contributed by atoms with Crippen molar-refractivity contribution in [2.24, 2.45) is 0 Å². The van der Waals surface area contributed by atoms with Crippen LogP contribution in [0, 0.1) is 19.7 Å². The minimum atomic E-state index is -0.811. The number of hydrogen-bond donors (Lipinski definition) is 0. The van der Waals surface area contributed by atoms with Gasteiger partial charge in [0.1, 0.15) is 5.82 Å². The van der Waals surface area contributed by atoms with E-state index in [-0.39, 0.29) is 11.7 Å². The van der Waals surface area contributed by atoms with E-state index in [9.17, 15) is 14.0 Å². The Kier molecular flexibility index (Phi) is 5.11. The average Bonchev–Trinajstić information content (AvgIpc) is 3.24. The topological polar surface area (TPSA) is 51.5 Å². The molecule has 0 unspecified atom stereocenters. The summed E-state index contributed by atoms with van der Waals surface area (Å²) in [6, 6.07) is 7.80. The van der Waals surface area contributed by atoms with E-state index in [0.717, 1.165) is 37.3 Å². The third-order valence-electron chi connectivity index (χ3n) is 4.79. The number of amides is 1.